The molecule has 0 saturated heterocycles. The monoisotopic (exact) mass is 334 g/mol. The molecule has 0 N–H and O–H groups in total. The Morgan fingerprint density at radius 1 is 1.16 bits per heavy atom. The Kier molecular flexibility index (Phi) is 4.24. The van der Waals surface area contributed by atoms with E-state index >= 15 is 0 Å². The van der Waals surface area contributed by atoms with Gasteiger partial charge in [0.25, 0.3) is 0 Å². The van der Waals surface area contributed by atoms with Crippen molar-refractivity contribution in [2.45, 2.75) is 25.7 Å². The van der Waals surface area contributed by atoms with Crippen molar-refractivity contribution in [3.05, 3.63) is 60.2 Å². The van der Waals surface area contributed by atoms with Crippen LogP contribution >= 0.6 is 0 Å². The van der Waals surface area contributed by atoms with Gasteiger partial charge in [0.2, 0.25) is 17.6 Å². The first kappa shape index (κ1) is 15.5. The highest BCUT2D eigenvalue weighted by molar-refractivity contribution is 5.94. The van der Waals surface area contributed by atoms with Gasteiger partial charge in [-0.2, -0.15) is 4.98 Å². The van der Waals surface area contributed by atoms with E-state index in [9.17, 15) is 4.79 Å². The van der Waals surface area contributed by atoms with Crippen LogP contribution in [-0.2, 0) is 17.6 Å². The van der Waals surface area contributed by atoms with Crippen molar-refractivity contribution in [1.82, 2.24) is 15.1 Å². The first-order valence-electron chi connectivity index (χ1n) is 8.42. The smallest absolute Gasteiger partial charge is 0.227 e. The summed E-state index contributed by atoms with van der Waals surface area (Å²) in [4.78, 5) is 22.8. The summed E-state index contributed by atoms with van der Waals surface area (Å²) < 4.78 is 5.27. The van der Waals surface area contributed by atoms with Crippen LogP contribution in [0.25, 0.3) is 11.4 Å². The number of aromatic nitrogens is 3. The molecule has 0 aliphatic carbocycles. The number of fused-ring (bicyclic) bond motifs is 1. The average Bonchev–Trinajstić information content (AvgIpc) is 3.15. The number of hydrogen-bond acceptors (Lipinski definition) is 5. The van der Waals surface area contributed by atoms with Gasteiger partial charge in [0.05, 0.1) is 0 Å². The number of anilines is 1. The number of nitrogens with zero attached hydrogens (tertiary/aromatic N) is 4. The average molecular weight is 334 g/mol. The molecule has 6 heteroatoms. The molecule has 0 fully saturated rings. The maximum Gasteiger partial charge on any atom is 0.227 e. The number of carbonyl (C=O) groups excluding carboxylic acids is 1. The Labute approximate surface area is 145 Å². The molecule has 25 heavy (non-hydrogen) atoms. The fourth-order valence-electron chi connectivity index (χ4n) is 3.12. The maximum atomic E-state index is 12.6. The lowest BCUT2D eigenvalue weighted by Gasteiger charge is -2.29. The molecule has 0 bridgehead atoms. The molecule has 1 amide bonds. The molecule has 3 aromatic rings. The zero-order valence-electron chi connectivity index (χ0n) is 13.8. The predicted octanol–water partition coefficient (Wildman–Crippen LogP) is 3.04. The van der Waals surface area contributed by atoms with Gasteiger partial charge in [-0.25, -0.2) is 0 Å². The minimum absolute atomic E-state index is 0.0933. The predicted molar refractivity (Wildman–Crippen MR) is 93.0 cm³/mol. The van der Waals surface area contributed by atoms with E-state index in [0.717, 1.165) is 30.6 Å². The zero-order valence-corrected chi connectivity index (χ0v) is 13.8. The van der Waals surface area contributed by atoms with Gasteiger partial charge in [-0.15, -0.1) is 0 Å². The van der Waals surface area contributed by atoms with Crippen molar-refractivity contribution in [3.63, 3.8) is 0 Å². The largest absolute Gasteiger partial charge is 0.339 e. The van der Waals surface area contributed by atoms with Crippen LogP contribution < -0.4 is 4.90 Å². The minimum Gasteiger partial charge on any atom is -0.339 e. The van der Waals surface area contributed by atoms with Crippen LogP contribution in [0.1, 0.15) is 24.3 Å². The van der Waals surface area contributed by atoms with Crippen LogP contribution in [0, 0.1) is 0 Å². The first-order valence-corrected chi connectivity index (χ1v) is 8.42. The highest BCUT2D eigenvalue weighted by atomic mass is 16.5. The van der Waals surface area contributed by atoms with Gasteiger partial charge >= 0.3 is 0 Å². The van der Waals surface area contributed by atoms with Crippen molar-refractivity contribution < 1.29 is 9.32 Å². The summed E-state index contributed by atoms with van der Waals surface area (Å²) in [6.45, 7) is 0.766. The number of para-hydroxylation sites is 1. The highest BCUT2D eigenvalue weighted by Crippen LogP contribution is 2.27. The molecule has 6 nitrogen and oxygen atoms in total. The Morgan fingerprint density at radius 3 is 2.88 bits per heavy atom. The summed E-state index contributed by atoms with van der Waals surface area (Å²) in [6, 6.07) is 11.7. The molecule has 126 valence electrons. The molecule has 0 spiro atoms. The van der Waals surface area contributed by atoms with Crippen molar-refractivity contribution in [2.24, 2.45) is 0 Å². The summed E-state index contributed by atoms with van der Waals surface area (Å²) in [5, 5.41) is 3.97. The van der Waals surface area contributed by atoms with E-state index in [2.05, 4.69) is 21.2 Å². The molecule has 0 radical (unpaired) electrons. The van der Waals surface area contributed by atoms with Gasteiger partial charge in [0, 0.05) is 43.0 Å². The van der Waals surface area contributed by atoms with E-state index in [1.807, 2.05) is 35.2 Å². The number of aryl methyl sites for hydroxylation is 2. The number of rotatable bonds is 4. The summed E-state index contributed by atoms with van der Waals surface area (Å²) >= 11 is 0. The summed E-state index contributed by atoms with van der Waals surface area (Å²) in [5.74, 6) is 1.09. The number of pyridine rings is 1. The molecule has 0 saturated carbocycles. The van der Waals surface area contributed by atoms with E-state index in [-0.39, 0.29) is 5.91 Å². The lowest BCUT2D eigenvalue weighted by molar-refractivity contribution is -0.118. The van der Waals surface area contributed by atoms with Crippen LogP contribution in [0.4, 0.5) is 5.69 Å². The number of hydrogen-bond donors (Lipinski definition) is 0. The molecule has 1 aromatic carbocycles. The van der Waals surface area contributed by atoms with E-state index < -0.39 is 0 Å². The molecule has 3 heterocycles. The van der Waals surface area contributed by atoms with Gasteiger partial charge in [0.1, 0.15) is 0 Å². The van der Waals surface area contributed by atoms with Crippen LogP contribution in [0.5, 0.6) is 0 Å². The lowest BCUT2D eigenvalue weighted by Crippen LogP contribution is -2.35. The standard InChI is InChI=1S/C19H18N4O2/c24-18(23-13-3-5-14-4-1-2-6-16(14)23)8-7-17-21-19(22-25-17)15-9-11-20-12-10-15/h1-2,4,6,9-12H,3,5,7-8,13H2. The number of carbonyl (C=O) groups is 1. The first-order chi connectivity index (χ1) is 12.3. The van der Waals surface area contributed by atoms with Crippen molar-refractivity contribution in [2.75, 3.05) is 11.4 Å². The second-order valence-electron chi connectivity index (χ2n) is 6.03. The molecule has 1 aliphatic rings. The Hall–Kier alpha value is -3.02. The van der Waals surface area contributed by atoms with Gasteiger partial charge < -0.3 is 9.42 Å². The molecule has 0 atom stereocenters. The van der Waals surface area contributed by atoms with Crippen LogP contribution in [0.3, 0.4) is 0 Å². The third-order valence-corrected chi connectivity index (χ3v) is 4.37. The molecule has 2 aromatic heterocycles. The van der Waals surface area contributed by atoms with Crippen LogP contribution in [0.2, 0.25) is 0 Å². The zero-order chi connectivity index (χ0) is 17.1. The maximum absolute atomic E-state index is 12.6. The molecular formula is C19H18N4O2. The summed E-state index contributed by atoms with van der Waals surface area (Å²) in [7, 11) is 0. The van der Waals surface area contributed by atoms with Gasteiger partial charge in [-0.3, -0.25) is 9.78 Å². The molecule has 0 unspecified atom stereocenters. The highest BCUT2D eigenvalue weighted by Gasteiger charge is 2.22. The SMILES string of the molecule is O=C(CCc1nc(-c2ccncc2)no1)N1CCCc2ccccc21. The second-order valence-corrected chi connectivity index (χ2v) is 6.03. The van der Waals surface area contributed by atoms with E-state index in [1.165, 1.54) is 5.56 Å². The quantitative estimate of drug-likeness (QED) is 0.733. The lowest BCUT2D eigenvalue weighted by atomic mass is 10.0. The van der Waals surface area contributed by atoms with Crippen molar-refractivity contribution in [3.8, 4) is 11.4 Å². The Morgan fingerprint density at radius 2 is 2.00 bits per heavy atom. The normalized spacial score (nSPS) is 13.5. The van der Waals surface area contributed by atoms with E-state index in [4.69, 9.17) is 4.52 Å². The van der Waals surface area contributed by atoms with Crippen molar-refractivity contribution >= 4 is 11.6 Å². The Bertz CT molecular complexity index is 876. The second kappa shape index (κ2) is 6.84. The van der Waals surface area contributed by atoms with Gasteiger partial charge in [-0.05, 0) is 36.6 Å². The number of benzene rings is 1. The summed E-state index contributed by atoms with van der Waals surface area (Å²) in [6.07, 6.45) is 6.18. The van der Waals surface area contributed by atoms with Gasteiger partial charge in [0.15, 0.2) is 0 Å². The minimum atomic E-state index is 0.0933. The van der Waals surface area contributed by atoms with E-state index in [0.29, 0.717) is 24.6 Å². The molecule has 1 aliphatic heterocycles. The van der Waals surface area contributed by atoms with E-state index in [1.54, 1.807) is 12.4 Å². The van der Waals surface area contributed by atoms with Gasteiger partial charge in [-0.1, -0.05) is 23.4 Å². The number of amides is 1. The van der Waals surface area contributed by atoms with Crippen LogP contribution in [-0.4, -0.2) is 27.6 Å². The Balaban J connectivity index is 1.42. The fourth-order valence-corrected chi connectivity index (χ4v) is 3.12. The fraction of sp³-hybridized carbons (Fsp3) is 0.263. The topological polar surface area (TPSA) is 72.1 Å². The third kappa shape index (κ3) is 3.28. The van der Waals surface area contributed by atoms with Crippen LogP contribution in [0.15, 0.2) is 53.3 Å². The molecular weight excluding hydrogens is 316 g/mol. The summed E-state index contributed by atoms with van der Waals surface area (Å²) in [5.41, 5.74) is 3.11. The van der Waals surface area contributed by atoms with Crippen molar-refractivity contribution in [1.29, 1.82) is 0 Å². The molecule has 4 rings (SSSR count). The third-order valence-electron chi connectivity index (χ3n) is 4.37.